The lowest BCUT2D eigenvalue weighted by atomic mass is 10.2. The quantitative estimate of drug-likeness (QED) is 0.260. The number of amides is 5. The third-order valence-electron chi connectivity index (χ3n) is 5.89. The van der Waals surface area contributed by atoms with E-state index in [2.05, 4.69) is 16.7 Å². The van der Waals surface area contributed by atoms with E-state index in [4.69, 9.17) is 9.26 Å². The van der Waals surface area contributed by atoms with E-state index in [1.54, 1.807) is 30.3 Å². The second-order valence-electron chi connectivity index (χ2n) is 8.67. The molecule has 4 rings (SSSR count). The van der Waals surface area contributed by atoms with Crippen LogP contribution >= 0.6 is 0 Å². The molecule has 2 aliphatic rings. The van der Waals surface area contributed by atoms with Gasteiger partial charge in [-0.1, -0.05) is 23.4 Å². The van der Waals surface area contributed by atoms with Gasteiger partial charge < -0.3 is 19.3 Å². The Morgan fingerprint density at radius 1 is 1.28 bits per heavy atom. The number of aromatic nitrogens is 2. The Labute approximate surface area is 207 Å². The number of rotatable bonds is 12. The number of urea groups is 1. The summed E-state index contributed by atoms with van der Waals surface area (Å²) in [5.41, 5.74) is 0.458. The number of aliphatic hydroxyl groups excluding tert-OH is 1. The molecule has 12 heteroatoms. The molecular formula is C24H27N5O7. The van der Waals surface area contributed by atoms with Crippen molar-refractivity contribution in [2.45, 2.75) is 38.3 Å². The first-order chi connectivity index (χ1) is 17.3. The Morgan fingerprint density at radius 2 is 2.00 bits per heavy atom. The molecule has 1 aromatic carbocycles. The van der Waals surface area contributed by atoms with Gasteiger partial charge in [-0.15, -0.1) is 6.58 Å². The Balaban J connectivity index is 1.46. The summed E-state index contributed by atoms with van der Waals surface area (Å²) in [5.74, 6) is -1.64. The first kappa shape index (κ1) is 25.0. The van der Waals surface area contributed by atoms with Gasteiger partial charge in [-0.25, -0.2) is 9.69 Å². The fourth-order valence-electron chi connectivity index (χ4n) is 3.87. The first-order valence-electron chi connectivity index (χ1n) is 11.5. The predicted octanol–water partition coefficient (Wildman–Crippen LogP) is 1.29. The number of hydrogen-bond donors (Lipinski definition) is 1. The minimum absolute atomic E-state index is 0.0216. The summed E-state index contributed by atoms with van der Waals surface area (Å²) in [4.78, 5) is 57.5. The Bertz CT molecular complexity index is 1180. The van der Waals surface area contributed by atoms with Crippen LogP contribution in [0.4, 0.5) is 10.5 Å². The lowest BCUT2D eigenvalue weighted by Crippen LogP contribution is -2.39. The fourth-order valence-corrected chi connectivity index (χ4v) is 3.87. The maximum absolute atomic E-state index is 13.2. The van der Waals surface area contributed by atoms with Gasteiger partial charge in [-0.3, -0.25) is 19.3 Å². The standard InChI is InChI=1S/C24H27N5O7/c1-3-6-16(30)13-27(17-7-4-5-8-18(17)35-2)21(31)11-19-25-20(36-26-19)14-29-23(33)22(32)28(24(29)34)12-15-9-10-15/h3-5,7-8,15-16,30H,1,6,9-14H2,2H3/t16-/m1/s1. The van der Waals surface area contributed by atoms with Gasteiger partial charge >= 0.3 is 17.8 Å². The smallest absolute Gasteiger partial charge is 0.334 e. The molecule has 1 N–H and O–H groups in total. The van der Waals surface area contributed by atoms with Gasteiger partial charge in [0.1, 0.15) is 12.3 Å². The second kappa shape index (κ2) is 10.7. The molecule has 2 heterocycles. The minimum atomic E-state index is -0.949. The zero-order valence-electron chi connectivity index (χ0n) is 19.8. The zero-order valence-corrected chi connectivity index (χ0v) is 19.8. The molecule has 12 nitrogen and oxygen atoms in total. The highest BCUT2D eigenvalue weighted by Crippen LogP contribution is 2.31. The summed E-state index contributed by atoms with van der Waals surface area (Å²) >= 11 is 0. The number of para-hydroxylation sites is 2. The van der Waals surface area contributed by atoms with Crippen molar-refractivity contribution in [1.29, 1.82) is 0 Å². The molecule has 2 fully saturated rings. The SMILES string of the molecule is C=CC[C@@H](O)CN(C(=O)Cc1noc(CN2C(=O)C(=O)N(CC3CC3)C2=O)n1)c1ccccc1OC. The van der Waals surface area contributed by atoms with Crippen molar-refractivity contribution in [2.24, 2.45) is 5.92 Å². The van der Waals surface area contributed by atoms with E-state index < -0.39 is 29.9 Å². The van der Waals surface area contributed by atoms with Crippen molar-refractivity contribution < 1.29 is 33.5 Å². The summed E-state index contributed by atoms with van der Waals surface area (Å²) in [5, 5.41) is 14.1. The molecule has 190 valence electrons. The number of ether oxygens (including phenoxy) is 1. The average Bonchev–Trinajstić information content (AvgIpc) is 3.55. The predicted molar refractivity (Wildman–Crippen MR) is 125 cm³/mol. The summed E-state index contributed by atoms with van der Waals surface area (Å²) < 4.78 is 10.5. The third-order valence-corrected chi connectivity index (χ3v) is 5.89. The molecule has 1 aromatic heterocycles. The molecule has 0 spiro atoms. The number of anilines is 1. The lowest BCUT2D eigenvalue weighted by molar-refractivity contribution is -0.143. The van der Waals surface area contributed by atoms with Crippen LogP contribution in [0.5, 0.6) is 5.75 Å². The van der Waals surface area contributed by atoms with Crippen LogP contribution < -0.4 is 9.64 Å². The summed E-state index contributed by atoms with van der Waals surface area (Å²) in [6.07, 6.45) is 2.53. The van der Waals surface area contributed by atoms with Crippen LogP contribution in [0.1, 0.15) is 31.0 Å². The normalized spacial score (nSPS) is 16.4. The Morgan fingerprint density at radius 3 is 2.69 bits per heavy atom. The molecule has 1 atom stereocenters. The molecule has 1 aliphatic heterocycles. The largest absolute Gasteiger partial charge is 0.495 e. The van der Waals surface area contributed by atoms with Gasteiger partial charge in [0.2, 0.25) is 11.8 Å². The van der Waals surface area contributed by atoms with Gasteiger partial charge in [0.15, 0.2) is 5.82 Å². The van der Waals surface area contributed by atoms with Crippen LogP contribution in [0, 0.1) is 5.92 Å². The molecule has 1 saturated heterocycles. The van der Waals surface area contributed by atoms with E-state index >= 15 is 0 Å². The van der Waals surface area contributed by atoms with Crippen molar-refractivity contribution in [3.05, 3.63) is 48.6 Å². The number of carbonyl (C=O) groups excluding carboxylic acids is 4. The van der Waals surface area contributed by atoms with Gasteiger partial charge in [0.25, 0.3) is 0 Å². The van der Waals surface area contributed by atoms with E-state index in [0.717, 1.165) is 22.6 Å². The van der Waals surface area contributed by atoms with Crippen molar-refractivity contribution >= 4 is 29.4 Å². The number of methoxy groups -OCH3 is 1. The molecular weight excluding hydrogens is 470 g/mol. The van der Waals surface area contributed by atoms with E-state index in [1.165, 1.54) is 12.0 Å². The number of carbonyl (C=O) groups is 4. The minimum Gasteiger partial charge on any atom is -0.495 e. The molecule has 0 unspecified atom stereocenters. The second-order valence-corrected chi connectivity index (χ2v) is 8.67. The summed E-state index contributed by atoms with van der Waals surface area (Å²) in [6, 6.07) is 6.16. The number of hydrogen-bond acceptors (Lipinski definition) is 9. The highest BCUT2D eigenvalue weighted by molar-refractivity contribution is 6.44. The highest BCUT2D eigenvalue weighted by Gasteiger charge is 2.46. The summed E-state index contributed by atoms with van der Waals surface area (Å²) in [7, 11) is 1.48. The van der Waals surface area contributed by atoms with E-state index in [1.807, 2.05) is 0 Å². The molecule has 2 aromatic rings. The summed E-state index contributed by atoms with van der Waals surface area (Å²) in [6.45, 7) is 3.44. The lowest BCUT2D eigenvalue weighted by Gasteiger charge is -2.26. The van der Waals surface area contributed by atoms with Crippen LogP contribution in [0.2, 0.25) is 0 Å². The van der Waals surface area contributed by atoms with E-state index in [-0.39, 0.29) is 50.1 Å². The third kappa shape index (κ3) is 5.43. The van der Waals surface area contributed by atoms with Crippen molar-refractivity contribution in [3.63, 3.8) is 0 Å². The van der Waals surface area contributed by atoms with Crippen molar-refractivity contribution in [1.82, 2.24) is 19.9 Å². The van der Waals surface area contributed by atoms with Crippen molar-refractivity contribution in [2.75, 3.05) is 25.1 Å². The maximum Gasteiger partial charge on any atom is 0.334 e. The van der Waals surface area contributed by atoms with E-state index in [0.29, 0.717) is 11.4 Å². The Hall–Kier alpha value is -4.06. The monoisotopic (exact) mass is 497 g/mol. The van der Waals surface area contributed by atoms with Crippen molar-refractivity contribution in [3.8, 4) is 5.75 Å². The van der Waals surface area contributed by atoms with Gasteiger partial charge in [0, 0.05) is 6.54 Å². The average molecular weight is 498 g/mol. The van der Waals surface area contributed by atoms with Crippen LogP contribution in [0.3, 0.4) is 0 Å². The van der Waals surface area contributed by atoms with Gasteiger partial charge in [0.05, 0.1) is 31.9 Å². The maximum atomic E-state index is 13.2. The van der Waals surface area contributed by atoms with E-state index in [9.17, 15) is 24.3 Å². The fraction of sp³-hybridized carbons (Fsp3) is 0.417. The first-order valence-corrected chi connectivity index (χ1v) is 11.5. The highest BCUT2D eigenvalue weighted by atomic mass is 16.5. The number of benzene rings is 1. The zero-order chi connectivity index (χ0) is 25.8. The topological polar surface area (TPSA) is 146 Å². The van der Waals surface area contributed by atoms with Crippen LogP contribution in [0.25, 0.3) is 0 Å². The number of nitrogens with zero attached hydrogens (tertiary/aromatic N) is 5. The molecule has 1 saturated carbocycles. The molecule has 0 bridgehead atoms. The molecule has 0 radical (unpaired) electrons. The number of aliphatic hydroxyl groups is 1. The Kier molecular flexibility index (Phi) is 7.44. The van der Waals surface area contributed by atoms with Crippen LogP contribution in [-0.4, -0.2) is 75.1 Å². The number of imide groups is 2. The van der Waals surface area contributed by atoms with Gasteiger partial charge in [-0.05, 0) is 37.3 Å². The van der Waals surface area contributed by atoms with Gasteiger partial charge in [-0.2, -0.15) is 4.98 Å². The van der Waals surface area contributed by atoms with Crippen LogP contribution in [-0.2, 0) is 27.3 Å². The van der Waals surface area contributed by atoms with Crippen LogP contribution in [0.15, 0.2) is 41.4 Å². The molecule has 36 heavy (non-hydrogen) atoms. The molecule has 1 aliphatic carbocycles. The molecule has 5 amide bonds.